The maximum absolute atomic E-state index is 12.4. The SMILES string of the molecule is CC(=O)NC(CC(=O)N[C@H](Cc1ccccc1)C(=O)O)c1ccc(Cl)cc1. The maximum Gasteiger partial charge on any atom is 0.326 e. The van der Waals surface area contributed by atoms with E-state index in [1.165, 1.54) is 6.92 Å². The van der Waals surface area contributed by atoms with Crippen LogP contribution in [0.1, 0.15) is 30.5 Å². The molecule has 0 saturated carbocycles. The molecule has 2 atom stereocenters. The number of hydrogen-bond donors (Lipinski definition) is 3. The Bertz CT molecular complexity index is 793. The van der Waals surface area contributed by atoms with Crippen LogP contribution in [-0.4, -0.2) is 28.9 Å². The molecule has 2 aromatic rings. The van der Waals surface area contributed by atoms with E-state index in [9.17, 15) is 19.5 Å². The molecule has 0 aliphatic carbocycles. The lowest BCUT2D eigenvalue weighted by Crippen LogP contribution is -2.43. The van der Waals surface area contributed by atoms with Crippen LogP contribution in [0.3, 0.4) is 0 Å². The number of amides is 2. The van der Waals surface area contributed by atoms with E-state index in [0.717, 1.165) is 5.56 Å². The largest absolute Gasteiger partial charge is 0.480 e. The van der Waals surface area contributed by atoms with Gasteiger partial charge in [-0.2, -0.15) is 0 Å². The summed E-state index contributed by atoms with van der Waals surface area (Å²) in [7, 11) is 0. The molecule has 0 spiro atoms. The first-order valence-corrected chi connectivity index (χ1v) is 8.81. The number of halogens is 1. The zero-order valence-corrected chi connectivity index (χ0v) is 15.6. The number of carboxylic acids is 1. The third-order valence-corrected chi connectivity index (χ3v) is 4.21. The van der Waals surface area contributed by atoms with Gasteiger partial charge in [0.1, 0.15) is 6.04 Å². The average Bonchev–Trinajstić information content (AvgIpc) is 2.61. The van der Waals surface area contributed by atoms with Crippen LogP contribution in [0.5, 0.6) is 0 Å². The van der Waals surface area contributed by atoms with Gasteiger partial charge in [0, 0.05) is 18.4 Å². The lowest BCUT2D eigenvalue weighted by atomic mass is 10.0. The van der Waals surface area contributed by atoms with Gasteiger partial charge in [0.05, 0.1) is 12.5 Å². The number of hydrogen-bond acceptors (Lipinski definition) is 3. The second-order valence-corrected chi connectivity index (χ2v) is 6.59. The van der Waals surface area contributed by atoms with E-state index in [0.29, 0.717) is 10.6 Å². The van der Waals surface area contributed by atoms with Crippen molar-refractivity contribution in [1.82, 2.24) is 10.6 Å². The van der Waals surface area contributed by atoms with Crippen molar-refractivity contribution in [3.05, 3.63) is 70.7 Å². The Morgan fingerprint density at radius 3 is 2.19 bits per heavy atom. The summed E-state index contributed by atoms with van der Waals surface area (Å²) in [5, 5.41) is 15.2. The highest BCUT2D eigenvalue weighted by Crippen LogP contribution is 2.19. The molecule has 1 unspecified atom stereocenters. The van der Waals surface area contributed by atoms with Gasteiger partial charge in [-0.3, -0.25) is 9.59 Å². The highest BCUT2D eigenvalue weighted by Gasteiger charge is 2.23. The van der Waals surface area contributed by atoms with Crippen LogP contribution in [0.15, 0.2) is 54.6 Å². The lowest BCUT2D eigenvalue weighted by Gasteiger charge is -2.20. The van der Waals surface area contributed by atoms with Crippen molar-refractivity contribution in [2.24, 2.45) is 0 Å². The zero-order valence-electron chi connectivity index (χ0n) is 14.8. The summed E-state index contributed by atoms with van der Waals surface area (Å²) >= 11 is 5.88. The Morgan fingerprint density at radius 2 is 1.63 bits per heavy atom. The number of carbonyl (C=O) groups is 3. The Labute approximate surface area is 162 Å². The minimum absolute atomic E-state index is 0.0835. The van der Waals surface area contributed by atoms with Gasteiger partial charge >= 0.3 is 5.97 Å². The van der Waals surface area contributed by atoms with Gasteiger partial charge in [0.2, 0.25) is 11.8 Å². The summed E-state index contributed by atoms with van der Waals surface area (Å²) in [4.78, 5) is 35.4. The quantitative estimate of drug-likeness (QED) is 0.648. The summed E-state index contributed by atoms with van der Waals surface area (Å²) in [5.74, 6) is -1.87. The molecule has 0 fully saturated rings. The summed E-state index contributed by atoms with van der Waals surface area (Å²) in [6.45, 7) is 1.36. The van der Waals surface area contributed by atoms with Gasteiger partial charge in [-0.25, -0.2) is 4.79 Å². The highest BCUT2D eigenvalue weighted by atomic mass is 35.5. The predicted molar refractivity (Wildman–Crippen MR) is 102 cm³/mol. The molecule has 2 aromatic carbocycles. The van der Waals surface area contributed by atoms with Crippen LogP contribution in [0.2, 0.25) is 5.02 Å². The van der Waals surface area contributed by atoms with E-state index >= 15 is 0 Å². The third kappa shape index (κ3) is 6.75. The standard InChI is InChI=1S/C20H21ClN2O4/c1-13(24)22-17(15-7-9-16(21)10-8-15)12-19(25)23-18(20(26)27)11-14-5-3-2-4-6-14/h2-10,17-18H,11-12H2,1H3,(H,22,24)(H,23,25)(H,26,27)/t17?,18-/m1/s1. The summed E-state index contributed by atoms with van der Waals surface area (Å²) in [6, 6.07) is 14.2. The fraction of sp³-hybridized carbons (Fsp3) is 0.250. The topological polar surface area (TPSA) is 95.5 Å². The minimum atomic E-state index is -1.12. The molecule has 6 nitrogen and oxygen atoms in total. The van der Waals surface area contributed by atoms with E-state index in [2.05, 4.69) is 10.6 Å². The minimum Gasteiger partial charge on any atom is -0.480 e. The van der Waals surface area contributed by atoms with Crippen LogP contribution in [-0.2, 0) is 20.8 Å². The van der Waals surface area contributed by atoms with Crippen molar-refractivity contribution in [2.45, 2.75) is 31.8 Å². The molecule has 0 radical (unpaired) electrons. The number of benzene rings is 2. The van der Waals surface area contributed by atoms with E-state index in [1.54, 1.807) is 36.4 Å². The van der Waals surface area contributed by atoms with Crippen molar-refractivity contribution in [3.63, 3.8) is 0 Å². The molecule has 0 heterocycles. The lowest BCUT2D eigenvalue weighted by molar-refractivity contribution is -0.142. The first-order valence-electron chi connectivity index (χ1n) is 8.44. The molecule has 2 rings (SSSR count). The van der Waals surface area contributed by atoms with Gasteiger partial charge in [-0.05, 0) is 23.3 Å². The Kier molecular flexibility index (Phi) is 7.37. The average molecular weight is 389 g/mol. The second kappa shape index (κ2) is 9.73. The molecule has 27 heavy (non-hydrogen) atoms. The number of carbonyl (C=O) groups excluding carboxylic acids is 2. The van der Waals surface area contributed by atoms with E-state index < -0.39 is 24.0 Å². The van der Waals surface area contributed by atoms with Gasteiger partial charge < -0.3 is 15.7 Å². The maximum atomic E-state index is 12.4. The molecule has 2 amide bonds. The first kappa shape index (κ1) is 20.5. The molecule has 142 valence electrons. The van der Waals surface area contributed by atoms with Crippen molar-refractivity contribution in [1.29, 1.82) is 0 Å². The molecule has 0 aliphatic heterocycles. The van der Waals surface area contributed by atoms with E-state index in [4.69, 9.17) is 11.6 Å². The van der Waals surface area contributed by atoms with E-state index in [1.807, 2.05) is 18.2 Å². The van der Waals surface area contributed by atoms with Crippen molar-refractivity contribution >= 4 is 29.4 Å². The van der Waals surface area contributed by atoms with Crippen molar-refractivity contribution < 1.29 is 19.5 Å². The zero-order chi connectivity index (χ0) is 19.8. The van der Waals surface area contributed by atoms with Crippen LogP contribution in [0, 0.1) is 0 Å². The smallest absolute Gasteiger partial charge is 0.326 e. The molecule has 0 aromatic heterocycles. The van der Waals surface area contributed by atoms with Gasteiger partial charge in [0.15, 0.2) is 0 Å². The van der Waals surface area contributed by atoms with Crippen LogP contribution < -0.4 is 10.6 Å². The van der Waals surface area contributed by atoms with Gasteiger partial charge in [-0.15, -0.1) is 0 Å². The fourth-order valence-corrected chi connectivity index (χ4v) is 2.81. The van der Waals surface area contributed by atoms with Crippen LogP contribution >= 0.6 is 11.6 Å². The number of rotatable bonds is 8. The summed E-state index contributed by atoms with van der Waals surface area (Å²) in [6.07, 6.45) is 0.0907. The summed E-state index contributed by atoms with van der Waals surface area (Å²) < 4.78 is 0. The molecular weight excluding hydrogens is 368 g/mol. The molecule has 3 N–H and O–H groups in total. The molecule has 7 heteroatoms. The van der Waals surface area contributed by atoms with Gasteiger partial charge in [-0.1, -0.05) is 54.1 Å². The Hall–Kier alpha value is -2.86. The normalized spacial score (nSPS) is 12.7. The van der Waals surface area contributed by atoms with Crippen LogP contribution in [0.25, 0.3) is 0 Å². The number of aliphatic carboxylic acids is 1. The van der Waals surface area contributed by atoms with Crippen LogP contribution in [0.4, 0.5) is 0 Å². The van der Waals surface area contributed by atoms with Gasteiger partial charge in [0.25, 0.3) is 0 Å². The van der Waals surface area contributed by atoms with E-state index in [-0.39, 0.29) is 18.7 Å². The Balaban J connectivity index is 2.07. The Morgan fingerprint density at radius 1 is 1.00 bits per heavy atom. The fourth-order valence-electron chi connectivity index (χ4n) is 2.68. The molecule has 0 aliphatic rings. The second-order valence-electron chi connectivity index (χ2n) is 6.16. The third-order valence-electron chi connectivity index (χ3n) is 3.96. The first-order chi connectivity index (χ1) is 12.8. The summed E-state index contributed by atoms with van der Waals surface area (Å²) in [5.41, 5.74) is 1.51. The number of carboxylic acid groups (broad SMARTS) is 1. The number of nitrogens with one attached hydrogen (secondary N) is 2. The van der Waals surface area contributed by atoms with Crippen molar-refractivity contribution in [3.8, 4) is 0 Å². The molecule has 0 saturated heterocycles. The predicted octanol–water partition coefficient (Wildman–Crippen LogP) is 2.72. The molecule has 0 bridgehead atoms. The van der Waals surface area contributed by atoms with Crippen molar-refractivity contribution in [2.75, 3.05) is 0 Å². The monoisotopic (exact) mass is 388 g/mol. The molecular formula is C20H21ClN2O4. The highest BCUT2D eigenvalue weighted by molar-refractivity contribution is 6.30.